The van der Waals surface area contributed by atoms with Crippen LogP contribution in [0.5, 0.6) is 0 Å². The zero-order valence-corrected chi connectivity index (χ0v) is 9.36. The first kappa shape index (κ1) is 10.4. The molecule has 0 amide bonds. The Labute approximate surface area is 99.5 Å². The Kier molecular flexibility index (Phi) is 2.61. The van der Waals surface area contributed by atoms with Crippen LogP contribution in [-0.2, 0) is 6.42 Å². The maximum atomic E-state index is 13.2. The van der Waals surface area contributed by atoms with Gasteiger partial charge in [-0.15, -0.1) is 0 Å². The standard InChI is InChI=1S/C14H13FN2/c15-12-7-11(8-16-9-12)14-13-4-2-1-3-10(13)5-6-17-14/h1-4,7-9,14,17H,5-6H2. The highest BCUT2D eigenvalue weighted by Gasteiger charge is 2.21. The molecule has 1 N–H and O–H groups in total. The Morgan fingerprint density at radius 3 is 3.00 bits per heavy atom. The summed E-state index contributed by atoms with van der Waals surface area (Å²) in [5.74, 6) is -0.285. The van der Waals surface area contributed by atoms with Crippen molar-refractivity contribution in [2.45, 2.75) is 12.5 Å². The molecule has 0 fully saturated rings. The molecule has 1 aromatic carbocycles. The second-order valence-electron chi connectivity index (χ2n) is 4.27. The molecular weight excluding hydrogens is 215 g/mol. The van der Waals surface area contributed by atoms with E-state index in [0.717, 1.165) is 18.5 Å². The Morgan fingerprint density at radius 1 is 1.24 bits per heavy atom. The van der Waals surface area contributed by atoms with Gasteiger partial charge in [-0.1, -0.05) is 24.3 Å². The van der Waals surface area contributed by atoms with Crippen LogP contribution in [0.1, 0.15) is 22.7 Å². The molecule has 1 atom stereocenters. The van der Waals surface area contributed by atoms with Crippen LogP contribution in [-0.4, -0.2) is 11.5 Å². The summed E-state index contributed by atoms with van der Waals surface area (Å²) in [6, 6.07) is 9.90. The molecule has 1 aliphatic heterocycles. The molecule has 2 nitrogen and oxygen atoms in total. The van der Waals surface area contributed by atoms with Gasteiger partial charge >= 0.3 is 0 Å². The number of halogens is 1. The molecular formula is C14H13FN2. The zero-order valence-electron chi connectivity index (χ0n) is 9.36. The second-order valence-corrected chi connectivity index (χ2v) is 4.27. The molecule has 3 heteroatoms. The monoisotopic (exact) mass is 228 g/mol. The van der Waals surface area contributed by atoms with Gasteiger partial charge in [0, 0.05) is 12.7 Å². The van der Waals surface area contributed by atoms with Crippen molar-refractivity contribution in [3.63, 3.8) is 0 Å². The lowest BCUT2D eigenvalue weighted by molar-refractivity contribution is 0.557. The van der Waals surface area contributed by atoms with Crippen LogP contribution >= 0.6 is 0 Å². The highest BCUT2D eigenvalue weighted by atomic mass is 19.1. The summed E-state index contributed by atoms with van der Waals surface area (Å²) in [5.41, 5.74) is 3.45. The third-order valence-corrected chi connectivity index (χ3v) is 3.17. The van der Waals surface area contributed by atoms with Crippen LogP contribution in [0.2, 0.25) is 0 Å². The van der Waals surface area contributed by atoms with Crippen LogP contribution in [0.3, 0.4) is 0 Å². The Balaban J connectivity index is 2.06. The lowest BCUT2D eigenvalue weighted by Gasteiger charge is -2.27. The van der Waals surface area contributed by atoms with E-state index in [1.807, 2.05) is 12.1 Å². The minimum Gasteiger partial charge on any atom is -0.306 e. The van der Waals surface area contributed by atoms with Gasteiger partial charge < -0.3 is 5.32 Å². The van der Waals surface area contributed by atoms with Crippen LogP contribution in [0.4, 0.5) is 4.39 Å². The van der Waals surface area contributed by atoms with Crippen LogP contribution < -0.4 is 5.32 Å². The summed E-state index contributed by atoms with van der Waals surface area (Å²) < 4.78 is 13.2. The Bertz CT molecular complexity index is 539. The van der Waals surface area contributed by atoms with Gasteiger partial charge in [0.15, 0.2) is 0 Å². The molecule has 1 aromatic heterocycles. The van der Waals surface area contributed by atoms with E-state index >= 15 is 0 Å². The fraction of sp³-hybridized carbons (Fsp3) is 0.214. The van der Waals surface area contributed by atoms with Gasteiger partial charge in [-0.2, -0.15) is 0 Å². The number of benzene rings is 1. The van der Waals surface area contributed by atoms with Crippen molar-refractivity contribution in [2.24, 2.45) is 0 Å². The van der Waals surface area contributed by atoms with Crippen LogP contribution in [0.15, 0.2) is 42.7 Å². The molecule has 2 heterocycles. The molecule has 0 radical (unpaired) electrons. The van der Waals surface area contributed by atoms with E-state index in [4.69, 9.17) is 0 Å². The molecule has 0 bridgehead atoms. The minimum atomic E-state index is -0.285. The summed E-state index contributed by atoms with van der Waals surface area (Å²) >= 11 is 0. The smallest absolute Gasteiger partial charge is 0.141 e. The summed E-state index contributed by atoms with van der Waals surface area (Å²) in [4.78, 5) is 3.92. The average molecular weight is 228 g/mol. The van der Waals surface area contributed by atoms with Gasteiger partial charge in [0.05, 0.1) is 12.2 Å². The number of nitrogens with one attached hydrogen (secondary N) is 1. The van der Waals surface area contributed by atoms with E-state index in [9.17, 15) is 4.39 Å². The van der Waals surface area contributed by atoms with Gasteiger partial charge in [0.25, 0.3) is 0 Å². The maximum Gasteiger partial charge on any atom is 0.141 e. The molecule has 2 aromatic rings. The lowest BCUT2D eigenvalue weighted by atomic mass is 9.91. The van der Waals surface area contributed by atoms with Crippen molar-refractivity contribution < 1.29 is 4.39 Å². The highest BCUT2D eigenvalue weighted by molar-refractivity contribution is 5.38. The molecule has 0 saturated carbocycles. The van der Waals surface area contributed by atoms with E-state index in [1.54, 1.807) is 12.3 Å². The van der Waals surface area contributed by atoms with E-state index in [1.165, 1.54) is 17.3 Å². The first-order valence-corrected chi connectivity index (χ1v) is 5.76. The fourth-order valence-electron chi connectivity index (χ4n) is 2.39. The first-order chi connectivity index (χ1) is 8.34. The van der Waals surface area contributed by atoms with E-state index in [2.05, 4.69) is 22.4 Å². The molecule has 3 rings (SSSR count). The van der Waals surface area contributed by atoms with Crippen LogP contribution in [0.25, 0.3) is 0 Å². The molecule has 0 aliphatic carbocycles. The number of pyridine rings is 1. The largest absolute Gasteiger partial charge is 0.306 e. The zero-order chi connectivity index (χ0) is 11.7. The van der Waals surface area contributed by atoms with Crippen molar-refractivity contribution in [3.05, 3.63) is 65.2 Å². The second kappa shape index (κ2) is 4.26. The molecule has 0 spiro atoms. The first-order valence-electron chi connectivity index (χ1n) is 5.76. The Morgan fingerprint density at radius 2 is 2.12 bits per heavy atom. The van der Waals surface area contributed by atoms with Gasteiger partial charge in [0.2, 0.25) is 0 Å². The molecule has 1 unspecified atom stereocenters. The van der Waals surface area contributed by atoms with Crippen molar-refractivity contribution in [1.82, 2.24) is 10.3 Å². The SMILES string of the molecule is Fc1cncc(C2NCCc3ccccc32)c1. The number of fused-ring (bicyclic) bond motifs is 1. The summed E-state index contributed by atoms with van der Waals surface area (Å²) in [6.07, 6.45) is 3.98. The highest BCUT2D eigenvalue weighted by Crippen LogP contribution is 2.28. The van der Waals surface area contributed by atoms with E-state index in [-0.39, 0.29) is 11.9 Å². The predicted octanol–water partition coefficient (Wildman–Crippen LogP) is 2.46. The summed E-state index contributed by atoms with van der Waals surface area (Å²) in [7, 11) is 0. The quantitative estimate of drug-likeness (QED) is 0.811. The third kappa shape index (κ3) is 1.94. The number of hydrogen-bond donors (Lipinski definition) is 1. The number of nitrogens with zero attached hydrogens (tertiary/aromatic N) is 1. The normalized spacial score (nSPS) is 18.8. The average Bonchev–Trinajstić information content (AvgIpc) is 2.38. The fourth-order valence-corrected chi connectivity index (χ4v) is 2.39. The van der Waals surface area contributed by atoms with Crippen molar-refractivity contribution in [1.29, 1.82) is 0 Å². The number of rotatable bonds is 1. The molecule has 1 aliphatic rings. The lowest BCUT2D eigenvalue weighted by Crippen LogP contribution is -2.30. The van der Waals surface area contributed by atoms with Gasteiger partial charge in [-0.05, 0) is 29.2 Å². The predicted molar refractivity (Wildman–Crippen MR) is 64.2 cm³/mol. The van der Waals surface area contributed by atoms with Gasteiger partial charge in [-0.3, -0.25) is 4.98 Å². The molecule has 86 valence electrons. The molecule has 17 heavy (non-hydrogen) atoms. The van der Waals surface area contributed by atoms with E-state index in [0.29, 0.717) is 0 Å². The summed E-state index contributed by atoms with van der Waals surface area (Å²) in [5, 5.41) is 3.41. The maximum absolute atomic E-state index is 13.2. The Hall–Kier alpha value is -1.74. The van der Waals surface area contributed by atoms with Gasteiger partial charge in [-0.25, -0.2) is 4.39 Å². The van der Waals surface area contributed by atoms with Gasteiger partial charge in [0.1, 0.15) is 5.82 Å². The van der Waals surface area contributed by atoms with E-state index < -0.39 is 0 Å². The topological polar surface area (TPSA) is 24.9 Å². The summed E-state index contributed by atoms with van der Waals surface area (Å²) in [6.45, 7) is 0.915. The number of aromatic nitrogens is 1. The van der Waals surface area contributed by atoms with Crippen molar-refractivity contribution >= 4 is 0 Å². The minimum absolute atomic E-state index is 0.0585. The van der Waals surface area contributed by atoms with Crippen LogP contribution in [0, 0.1) is 5.82 Å². The van der Waals surface area contributed by atoms with Crippen molar-refractivity contribution in [3.8, 4) is 0 Å². The number of hydrogen-bond acceptors (Lipinski definition) is 2. The third-order valence-electron chi connectivity index (χ3n) is 3.17. The van der Waals surface area contributed by atoms with Crippen molar-refractivity contribution in [2.75, 3.05) is 6.54 Å². The molecule has 0 saturated heterocycles.